The van der Waals surface area contributed by atoms with Gasteiger partial charge >= 0.3 is 5.97 Å². The van der Waals surface area contributed by atoms with E-state index in [-0.39, 0.29) is 0 Å². The van der Waals surface area contributed by atoms with Gasteiger partial charge in [0, 0.05) is 10.6 Å². The maximum atomic E-state index is 11.4. The van der Waals surface area contributed by atoms with Gasteiger partial charge in [0.15, 0.2) is 0 Å². The Bertz CT molecular complexity index is 743. The third-order valence-electron chi connectivity index (χ3n) is 2.90. The lowest BCUT2D eigenvalue weighted by atomic mass is 10.1. The molecule has 2 aromatic rings. The number of carbonyl (C=O) groups is 1. The van der Waals surface area contributed by atoms with Crippen LogP contribution < -0.4 is 0 Å². The predicted molar refractivity (Wildman–Crippen MR) is 76.3 cm³/mol. The van der Waals surface area contributed by atoms with E-state index >= 15 is 0 Å². The Morgan fingerprint density at radius 1 is 1.25 bits per heavy atom. The quantitative estimate of drug-likeness (QED) is 0.621. The predicted octanol–water partition coefficient (Wildman–Crippen LogP) is 3.92. The van der Waals surface area contributed by atoms with Crippen molar-refractivity contribution in [2.75, 3.05) is 0 Å². The average Bonchev–Trinajstić information content (AvgIpc) is 3.01. The maximum absolute atomic E-state index is 11.4. The molecule has 1 aromatic carbocycles. The van der Waals surface area contributed by atoms with E-state index in [1.165, 1.54) is 0 Å². The molecule has 0 bridgehead atoms. The minimum Gasteiger partial charge on any atom is -0.457 e. The maximum Gasteiger partial charge on any atom is 0.367 e. The highest BCUT2D eigenvalue weighted by atomic mass is 35.5. The van der Waals surface area contributed by atoms with E-state index in [0.717, 1.165) is 5.56 Å². The molecule has 100 valence electrons. The van der Waals surface area contributed by atoms with E-state index in [2.05, 4.69) is 9.99 Å². The molecular weight excluding hydrogens is 278 g/mol. The van der Waals surface area contributed by atoms with E-state index in [4.69, 9.17) is 16.0 Å². The smallest absolute Gasteiger partial charge is 0.367 e. The molecule has 0 saturated heterocycles. The largest absolute Gasteiger partial charge is 0.457 e. The van der Waals surface area contributed by atoms with Crippen molar-refractivity contribution < 1.29 is 14.0 Å². The summed E-state index contributed by atoms with van der Waals surface area (Å²) in [7, 11) is 0. The van der Waals surface area contributed by atoms with Crippen LogP contribution in [0, 0.1) is 0 Å². The van der Waals surface area contributed by atoms with E-state index in [9.17, 15) is 4.79 Å². The molecule has 0 unspecified atom stereocenters. The summed E-state index contributed by atoms with van der Waals surface area (Å²) in [5.41, 5.74) is 1.81. The molecule has 0 radical (unpaired) electrons. The van der Waals surface area contributed by atoms with Gasteiger partial charge in [0.25, 0.3) is 0 Å². The number of nitrogens with zero attached hydrogens (tertiary/aromatic N) is 1. The van der Waals surface area contributed by atoms with Crippen molar-refractivity contribution in [3.8, 4) is 11.3 Å². The highest BCUT2D eigenvalue weighted by molar-refractivity contribution is 6.30. The summed E-state index contributed by atoms with van der Waals surface area (Å²) in [5, 5.41) is 4.25. The molecule has 0 fully saturated rings. The van der Waals surface area contributed by atoms with Crippen molar-refractivity contribution in [1.29, 1.82) is 0 Å². The molecule has 0 amide bonds. The average molecular weight is 288 g/mol. The van der Waals surface area contributed by atoms with E-state index in [0.29, 0.717) is 27.8 Å². The van der Waals surface area contributed by atoms with Gasteiger partial charge < -0.3 is 9.25 Å². The molecule has 3 rings (SSSR count). The zero-order valence-electron chi connectivity index (χ0n) is 10.6. The van der Waals surface area contributed by atoms with Crippen LogP contribution in [0.25, 0.3) is 17.4 Å². The number of oxime groups is 1. The number of benzene rings is 1. The Hall–Kier alpha value is -2.33. The molecular formula is C15H10ClNO3. The first-order chi connectivity index (χ1) is 9.63. The van der Waals surface area contributed by atoms with Crippen molar-refractivity contribution in [2.24, 2.45) is 5.16 Å². The third kappa shape index (κ3) is 2.38. The SMILES string of the molecule is CC1=NOC(=O)/C1=C\c1ccc(-c2cccc(Cl)c2)o1. The second-order valence-electron chi connectivity index (χ2n) is 4.33. The number of hydrogen-bond donors (Lipinski definition) is 0. The zero-order chi connectivity index (χ0) is 14.1. The van der Waals surface area contributed by atoms with Gasteiger partial charge in [-0.05, 0) is 37.3 Å². The molecule has 0 atom stereocenters. The first kappa shape index (κ1) is 12.7. The Morgan fingerprint density at radius 3 is 2.80 bits per heavy atom. The fraction of sp³-hybridized carbons (Fsp3) is 0.0667. The Balaban J connectivity index is 1.93. The van der Waals surface area contributed by atoms with E-state index < -0.39 is 5.97 Å². The molecule has 5 heteroatoms. The standard InChI is InChI=1S/C15H10ClNO3/c1-9-13(15(18)20-17-9)8-12-5-6-14(19-12)10-3-2-4-11(16)7-10/h2-8H,1H3/b13-8-. The highest BCUT2D eigenvalue weighted by Crippen LogP contribution is 2.26. The molecule has 0 spiro atoms. The normalized spacial score (nSPS) is 16.4. The van der Waals surface area contributed by atoms with Gasteiger partial charge in [-0.25, -0.2) is 4.79 Å². The van der Waals surface area contributed by atoms with Crippen LogP contribution in [0.2, 0.25) is 5.02 Å². The number of hydrogen-bond acceptors (Lipinski definition) is 4. The highest BCUT2D eigenvalue weighted by Gasteiger charge is 2.22. The molecule has 1 aromatic heterocycles. The summed E-state index contributed by atoms with van der Waals surface area (Å²) in [5.74, 6) is 0.770. The van der Waals surface area contributed by atoms with Gasteiger partial charge in [-0.15, -0.1) is 0 Å². The number of carbonyl (C=O) groups excluding carboxylic acids is 1. The molecule has 0 N–H and O–H groups in total. The van der Waals surface area contributed by atoms with Crippen LogP contribution in [0.3, 0.4) is 0 Å². The Morgan fingerprint density at radius 2 is 2.10 bits per heavy atom. The molecule has 4 nitrogen and oxygen atoms in total. The number of halogens is 1. The van der Waals surface area contributed by atoms with E-state index in [1.807, 2.05) is 24.3 Å². The first-order valence-corrected chi connectivity index (χ1v) is 6.35. The lowest BCUT2D eigenvalue weighted by molar-refractivity contribution is -0.136. The minimum atomic E-state index is -0.469. The molecule has 1 aliphatic heterocycles. The van der Waals surface area contributed by atoms with Crippen molar-refractivity contribution in [3.63, 3.8) is 0 Å². The van der Waals surface area contributed by atoms with Crippen molar-refractivity contribution in [3.05, 3.63) is 52.8 Å². The summed E-state index contributed by atoms with van der Waals surface area (Å²) >= 11 is 5.95. The first-order valence-electron chi connectivity index (χ1n) is 5.97. The molecule has 20 heavy (non-hydrogen) atoms. The lowest BCUT2D eigenvalue weighted by Gasteiger charge is -1.97. The Kier molecular flexibility index (Phi) is 3.16. The fourth-order valence-electron chi connectivity index (χ4n) is 1.89. The summed E-state index contributed by atoms with van der Waals surface area (Å²) in [6.07, 6.45) is 1.61. The molecule has 2 heterocycles. The third-order valence-corrected chi connectivity index (χ3v) is 3.13. The second-order valence-corrected chi connectivity index (χ2v) is 4.76. The van der Waals surface area contributed by atoms with Gasteiger partial charge in [-0.3, -0.25) is 0 Å². The van der Waals surface area contributed by atoms with E-state index in [1.54, 1.807) is 25.1 Å². The summed E-state index contributed by atoms with van der Waals surface area (Å²) in [6, 6.07) is 11.0. The zero-order valence-corrected chi connectivity index (χ0v) is 11.3. The van der Waals surface area contributed by atoms with Crippen molar-refractivity contribution >= 4 is 29.4 Å². The van der Waals surface area contributed by atoms with Crippen LogP contribution in [0.4, 0.5) is 0 Å². The summed E-state index contributed by atoms with van der Waals surface area (Å²) in [6.45, 7) is 1.71. The topological polar surface area (TPSA) is 51.8 Å². The second kappa shape index (κ2) is 4.98. The number of furan rings is 1. The van der Waals surface area contributed by atoms with Gasteiger partial charge in [0.2, 0.25) is 0 Å². The fourth-order valence-corrected chi connectivity index (χ4v) is 2.08. The number of rotatable bonds is 2. The summed E-state index contributed by atoms with van der Waals surface area (Å²) < 4.78 is 5.69. The van der Waals surface area contributed by atoms with Gasteiger partial charge in [-0.2, -0.15) is 0 Å². The monoisotopic (exact) mass is 287 g/mol. The van der Waals surface area contributed by atoms with Gasteiger partial charge in [0.05, 0.1) is 11.3 Å². The summed E-state index contributed by atoms with van der Waals surface area (Å²) in [4.78, 5) is 16.0. The van der Waals surface area contributed by atoms with Crippen LogP contribution in [0.1, 0.15) is 12.7 Å². The van der Waals surface area contributed by atoms with Crippen LogP contribution >= 0.6 is 11.6 Å². The van der Waals surface area contributed by atoms with Crippen molar-refractivity contribution in [2.45, 2.75) is 6.92 Å². The van der Waals surface area contributed by atoms with Gasteiger partial charge in [0.1, 0.15) is 11.5 Å². The molecule has 1 aliphatic rings. The van der Waals surface area contributed by atoms with Crippen molar-refractivity contribution in [1.82, 2.24) is 0 Å². The molecule has 0 aliphatic carbocycles. The van der Waals surface area contributed by atoms with Crippen LogP contribution in [0.15, 0.2) is 51.5 Å². The molecule has 0 saturated carbocycles. The lowest BCUT2D eigenvalue weighted by Crippen LogP contribution is -2.01. The van der Waals surface area contributed by atoms with Crippen LogP contribution in [-0.4, -0.2) is 11.7 Å². The van der Waals surface area contributed by atoms with Gasteiger partial charge in [-0.1, -0.05) is 28.9 Å². The van der Waals surface area contributed by atoms with Crippen LogP contribution in [0.5, 0.6) is 0 Å². The minimum absolute atomic E-state index is 0.400. The Labute approximate surface area is 120 Å². The van der Waals surface area contributed by atoms with Crippen LogP contribution in [-0.2, 0) is 9.63 Å².